The zero-order valence-corrected chi connectivity index (χ0v) is 10.2. The maximum absolute atomic E-state index is 12.6. The van der Waals surface area contributed by atoms with Gasteiger partial charge in [-0.25, -0.2) is 8.78 Å². The first-order valence-corrected chi connectivity index (χ1v) is 5.75. The number of rotatable bonds is 5. The average molecular weight is 310 g/mol. The van der Waals surface area contributed by atoms with Crippen molar-refractivity contribution >= 4 is 5.91 Å². The van der Waals surface area contributed by atoms with Crippen LogP contribution < -0.4 is 5.32 Å². The maximum Gasteiger partial charge on any atom is 0.401 e. The molecule has 0 radical (unpaired) electrons. The van der Waals surface area contributed by atoms with Crippen molar-refractivity contribution in [3.8, 4) is 0 Å². The predicted octanol–water partition coefficient (Wildman–Crippen LogP) is 1.89. The molecule has 1 atom stereocenters. The van der Waals surface area contributed by atoms with Crippen molar-refractivity contribution < 1.29 is 35.5 Å². The van der Waals surface area contributed by atoms with E-state index in [0.29, 0.717) is 0 Å². The number of hydrogen-bond donors (Lipinski definition) is 1. The number of nitrogens with one attached hydrogen (secondary N) is 1. The Hall–Kier alpha value is -1.06. The van der Waals surface area contributed by atoms with Gasteiger partial charge in [-0.15, -0.1) is 0 Å². The quantitative estimate of drug-likeness (QED) is 0.787. The van der Waals surface area contributed by atoms with Crippen molar-refractivity contribution in [2.24, 2.45) is 5.92 Å². The van der Waals surface area contributed by atoms with Crippen molar-refractivity contribution in [1.82, 2.24) is 10.2 Å². The molecular formula is C10H13F7N2O. The minimum atomic E-state index is -4.79. The summed E-state index contributed by atoms with van der Waals surface area (Å²) in [7, 11) is 0. The van der Waals surface area contributed by atoms with Gasteiger partial charge in [0.2, 0.25) is 0 Å². The van der Waals surface area contributed by atoms with E-state index in [1.165, 1.54) is 0 Å². The Balaban J connectivity index is 2.36. The molecular weight excluding hydrogens is 297 g/mol. The van der Waals surface area contributed by atoms with E-state index in [1.807, 2.05) is 0 Å². The van der Waals surface area contributed by atoms with Crippen LogP contribution in [0.2, 0.25) is 0 Å². The number of nitrogens with zero attached hydrogens (tertiary/aromatic N) is 1. The third kappa shape index (κ3) is 4.80. The Bertz CT molecular complexity index is 345. The Morgan fingerprint density at radius 3 is 2.35 bits per heavy atom. The summed E-state index contributed by atoms with van der Waals surface area (Å²) in [6.07, 6.45) is -8.20. The van der Waals surface area contributed by atoms with Gasteiger partial charge in [0.05, 0.1) is 6.54 Å². The standard InChI is InChI=1S/C10H13F7N2O/c11-7(12)10(16,17)8(20)18-3-6-1-2-19(4-6)5-9(13,14)15/h6-7H,1-5H2,(H,18,20). The van der Waals surface area contributed by atoms with Gasteiger partial charge in [0.1, 0.15) is 0 Å². The van der Waals surface area contributed by atoms with Crippen LogP contribution in [0.25, 0.3) is 0 Å². The smallest absolute Gasteiger partial charge is 0.350 e. The lowest BCUT2D eigenvalue weighted by atomic mass is 10.1. The van der Waals surface area contributed by atoms with Crippen LogP contribution in [0.15, 0.2) is 0 Å². The first-order chi connectivity index (χ1) is 9.02. The number of hydrogen-bond acceptors (Lipinski definition) is 2. The highest BCUT2D eigenvalue weighted by molar-refractivity contribution is 5.83. The van der Waals surface area contributed by atoms with E-state index in [-0.39, 0.29) is 26.1 Å². The van der Waals surface area contributed by atoms with Crippen molar-refractivity contribution in [3.63, 3.8) is 0 Å². The van der Waals surface area contributed by atoms with Crippen molar-refractivity contribution in [2.45, 2.75) is 24.9 Å². The molecule has 1 amide bonds. The zero-order chi connectivity index (χ0) is 15.6. The molecule has 1 rings (SSSR count). The summed E-state index contributed by atoms with van der Waals surface area (Å²) in [5.74, 6) is -7.36. The van der Waals surface area contributed by atoms with Gasteiger partial charge >= 0.3 is 18.5 Å². The Kier molecular flexibility index (Phi) is 5.22. The number of carbonyl (C=O) groups excluding carboxylic acids is 1. The molecule has 1 heterocycles. The van der Waals surface area contributed by atoms with Crippen molar-refractivity contribution in [2.75, 3.05) is 26.2 Å². The van der Waals surface area contributed by atoms with Crippen LogP contribution in [0.5, 0.6) is 0 Å². The number of carbonyl (C=O) groups is 1. The van der Waals surface area contributed by atoms with Crippen LogP contribution in [-0.4, -0.2) is 55.5 Å². The second kappa shape index (κ2) is 6.15. The van der Waals surface area contributed by atoms with Gasteiger partial charge in [0.25, 0.3) is 5.91 Å². The van der Waals surface area contributed by atoms with Gasteiger partial charge in [-0.3, -0.25) is 9.69 Å². The lowest BCUT2D eigenvalue weighted by Crippen LogP contribution is -2.46. The van der Waals surface area contributed by atoms with E-state index in [9.17, 15) is 35.5 Å². The summed E-state index contributed by atoms with van der Waals surface area (Å²) in [5, 5.41) is 1.65. The van der Waals surface area contributed by atoms with E-state index >= 15 is 0 Å². The number of halogens is 7. The van der Waals surface area contributed by atoms with Crippen LogP contribution >= 0.6 is 0 Å². The Labute approximate surface area is 110 Å². The highest BCUT2D eigenvalue weighted by atomic mass is 19.4. The predicted molar refractivity (Wildman–Crippen MR) is 54.6 cm³/mol. The summed E-state index contributed by atoms with van der Waals surface area (Å²) >= 11 is 0. The topological polar surface area (TPSA) is 32.3 Å². The molecule has 0 aliphatic carbocycles. The molecule has 1 unspecified atom stereocenters. The molecule has 118 valence electrons. The lowest BCUT2D eigenvalue weighted by molar-refractivity contribution is -0.169. The van der Waals surface area contributed by atoms with Gasteiger partial charge in [-0.1, -0.05) is 0 Å². The van der Waals surface area contributed by atoms with Gasteiger partial charge in [0.15, 0.2) is 0 Å². The van der Waals surface area contributed by atoms with Crippen LogP contribution in [0.1, 0.15) is 6.42 Å². The van der Waals surface area contributed by atoms with Crippen molar-refractivity contribution in [1.29, 1.82) is 0 Å². The highest BCUT2D eigenvalue weighted by Crippen LogP contribution is 2.24. The highest BCUT2D eigenvalue weighted by Gasteiger charge is 2.49. The summed E-state index contributed by atoms with van der Waals surface area (Å²) < 4.78 is 85.2. The van der Waals surface area contributed by atoms with Gasteiger partial charge < -0.3 is 5.32 Å². The molecule has 1 fully saturated rings. The normalized spacial score (nSPS) is 21.5. The van der Waals surface area contributed by atoms with E-state index < -0.39 is 36.9 Å². The molecule has 1 aliphatic rings. The van der Waals surface area contributed by atoms with Crippen LogP contribution in [-0.2, 0) is 4.79 Å². The lowest BCUT2D eigenvalue weighted by Gasteiger charge is -2.19. The van der Waals surface area contributed by atoms with Crippen molar-refractivity contribution in [3.05, 3.63) is 0 Å². The summed E-state index contributed by atoms with van der Waals surface area (Å²) in [6, 6.07) is 0. The average Bonchev–Trinajstić information content (AvgIpc) is 2.70. The fourth-order valence-electron chi connectivity index (χ4n) is 1.93. The second-order valence-electron chi connectivity index (χ2n) is 4.64. The number of alkyl halides is 7. The summed E-state index contributed by atoms with van der Waals surface area (Å²) in [5.41, 5.74) is 0. The largest absolute Gasteiger partial charge is 0.401 e. The van der Waals surface area contributed by atoms with E-state index in [2.05, 4.69) is 0 Å². The molecule has 0 aromatic carbocycles. The van der Waals surface area contributed by atoms with Crippen LogP contribution in [0.3, 0.4) is 0 Å². The molecule has 0 aromatic rings. The minimum absolute atomic E-state index is 0.0277. The molecule has 3 nitrogen and oxygen atoms in total. The van der Waals surface area contributed by atoms with Crippen LogP contribution in [0, 0.1) is 5.92 Å². The first kappa shape index (κ1) is 17.0. The van der Waals surface area contributed by atoms with E-state index in [4.69, 9.17) is 0 Å². The monoisotopic (exact) mass is 310 g/mol. The van der Waals surface area contributed by atoms with Gasteiger partial charge in [-0.05, 0) is 18.9 Å². The molecule has 1 N–H and O–H groups in total. The minimum Gasteiger partial charge on any atom is -0.350 e. The third-order valence-electron chi connectivity index (χ3n) is 2.90. The maximum atomic E-state index is 12.6. The molecule has 0 bridgehead atoms. The molecule has 1 saturated heterocycles. The number of amides is 1. The number of likely N-dealkylation sites (tertiary alicyclic amines) is 1. The third-order valence-corrected chi connectivity index (χ3v) is 2.90. The first-order valence-electron chi connectivity index (χ1n) is 5.75. The van der Waals surface area contributed by atoms with Crippen LogP contribution in [0.4, 0.5) is 30.7 Å². The van der Waals surface area contributed by atoms with Gasteiger partial charge in [0, 0.05) is 13.1 Å². The van der Waals surface area contributed by atoms with Gasteiger partial charge in [-0.2, -0.15) is 22.0 Å². The molecule has 0 spiro atoms. The molecule has 1 aliphatic heterocycles. The fourth-order valence-corrected chi connectivity index (χ4v) is 1.93. The zero-order valence-electron chi connectivity index (χ0n) is 10.2. The fraction of sp³-hybridized carbons (Fsp3) is 0.900. The molecule has 20 heavy (non-hydrogen) atoms. The summed E-state index contributed by atoms with van der Waals surface area (Å²) in [4.78, 5) is 11.9. The van der Waals surface area contributed by atoms with E-state index in [0.717, 1.165) is 4.90 Å². The SMILES string of the molecule is O=C(NCC1CCN(CC(F)(F)F)C1)C(F)(F)C(F)F. The Morgan fingerprint density at radius 1 is 1.25 bits per heavy atom. The molecule has 10 heteroatoms. The summed E-state index contributed by atoms with van der Waals surface area (Å²) in [6.45, 7) is -1.38. The second-order valence-corrected chi connectivity index (χ2v) is 4.64. The Morgan fingerprint density at radius 2 is 1.85 bits per heavy atom. The van der Waals surface area contributed by atoms with E-state index in [1.54, 1.807) is 5.32 Å². The molecule has 0 saturated carbocycles. The molecule has 0 aromatic heterocycles.